The molecular weight excluding hydrogens is 407 g/mol. The summed E-state index contributed by atoms with van der Waals surface area (Å²) in [6.45, 7) is 0. The van der Waals surface area contributed by atoms with Crippen molar-refractivity contribution >= 4 is 22.6 Å². The van der Waals surface area contributed by atoms with Crippen LogP contribution in [-0.4, -0.2) is 20.7 Å². The number of halogens is 1. The Hall–Kier alpha value is -4.39. The van der Waals surface area contributed by atoms with E-state index in [9.17, 15) is 14.0 Å². The fourth-order valence-corrected chi connectivity index (χ4v) is 4.49. The van der Waals surface area contributed by atoms with Crippen molar-refractivity contribution in [1.82, 2.24) is 14.8 Å². The molecule has 156 valence electrons. The Morgan fingerprint density at radius 2 is 1.59 bits per heavy atom. The molecule has 5 aromatic rings. The summed E-state index contributed by atoms with van der Waals surface area (Å²) in [5.41, 5.74) is 3.98. The summed E-state index contributed by atoms with van der Waals surface area (Å²) in [7, 11) is 0. The lowest BCUT2D eigenvalue weighted by Gasteiger charge is -2.12. The van der Waals surface area contributed by atoms with Crippen LogP contribution in [-0.2, 0) is 4.79 Å². The number of anilines is 1. The lowest BCUT2D eigenvalue weighted by molar-refractivity contribution is -0.116. The van der Waals surface area contributed by atoms with Gasteiger partial charge < -0.3 is 10.3 Å². The third-order valence-electron chi connectivity index (χ3n) is 5.89. The van der Waals surface area contributed by atoms with Gasteiger partial charge in [-0.2, -0.15) is 0 Å². The molecule has 3 heterocycles. The van der Waals surface area contributed by atoms with Crippen LogP contribution in [0.25, 0.3) is 28.0 Å². The largest absolute Gasteiger partial charge is 0.339 e. The molecule has 3 N–H and O–H groups in total. The number of carbonyl (C=O) groups is 1. The predicted molar refractivity (Wildman–Crippen MR) is 121 cm³/mol. The number of H-pyrrole nitrogens is 2. The molecule has 0 radical (unpaired) electrons. The number of nitrogens with zero attached hydrogens (tertiary/aromatic N) is 1. The second kappa shape index (κ2) is 6.81. The van der Waals surface area contributed by atoms with E-state index in [2.05, 4.69) is 15.4 Å². The number of benzene rings is 3. The fourth-order valence-electron chi connectivity index (χ4n) is 4.49. The van der Waals surface area contributed by atoms with Crippen molar-refractivity contribution < 1.29 is 9.18 Å². The molecular formula is C25H17FN4O2. The zero-order valence-corrected chi connectivity index (χ0v) is 16.7. The highest BCUT2D eigenvalue weighted by Gasteiger charge is 2.37. The first-order valence-corrected chi connectivity index (χ1v) is 10.2. The first-order chi connectivity index (χ1) is 15.6. The predicted octanol–water partition coefficient (Wildman–Crippen LogP) is 4.54. The first kappa shape index (κ1) is 18.4. The second-order valence-corrected chi connectivity index (χ2v) is 7.77. The summed E-state index contributed by atoms with van der Waals surface area (Å²) >= 11 is 0. The van der Waals surface area contributed by atoms with Crippen LogP contribution < -0.4 is 10.9 Å². The number of aromatic nitrogens is 3. The quantitative estimate of drug-likeness (QED) is 0.398. The molecule has 7 heteroatoms. The molecule has 32 heavy (non-hydrogen) atoms. The third kappa shape index (κ3) is 2.64. The summed E-state index contributed by atoms with van der Waals surface area (Å²) in [5.74, 6) is -1.55. The van der Waals surface area contributed by atoms with Gasteiger partial charge in [-0.25, -0.2) is 9.07 Å². The lowest BCUT2D eigenvalue weighted by atomic mass is 9.89. The summed E-state index contributed by atoms with van der Waals surface area (Å²) < 4.78 is 15.6. The molecule has 6 nitrogen and oxygen atoms in total. The fraction of sp³-hybridized carbons (Fsp3) is 0.0400. The van der Waals surface area contributed by atoms with E-state index in [0.717, 1.165) is 5.56 Å². The van der Waals surface area contributed by atoms with Gasteiger partial charge in [-0.15, -0.1) is 0 Å². The SMILES string of the molecule is O=C1Nc2ccc(F)cc2C1c1c(-c2ccccc2)[nH]c2[nH]n(-c3ccccc3)c(=O)c12. The maximum atomic E-state index is 14.1. The molecule has 0 aliphatic carbocycles. The topological polar surface area (TPSA) is 82.7 Å². The number of amides is 1. The van der Waals surface area contributed by atoms with Gasteiger partial charge in [-0.05, 0) is 41.5 Å². The van der Waals surface area contributed by atoms with Crippen LogP contribution in [0.2, 0.25) is 0 Å². The number of para-hydroxylation sites is 1. The number of fused-ring (bicyclic) bond motifs is 2. The number of rotatable bonds is 3. The minimum absolute atomic E-state index is 0.280. The van der Waals surface area contributed by atoms with E-state index in [1.165, 1.54) is 16.8 Å². The van der Waals surface area contributed by atoms with E-state index in [1.807, 2.05) is 60.7 Å². The zero-order valence-electron chi connectivity index (χ0n) is 16.7. The summed E-state index contributed by atoms with van der Waals surface area (Å²) in [4.78, 5) is 29.9. The smallest absolute Gasteiger partial charge is 0.281 e. The van der Waals surface area contributed by atoms with Crippen molar-refractivity contribution in [2.24, 2.45) is 0 Å². The molecule has 6 rings (SSSR count). The molecule has 0 fully saturated rings. The Morgan fingerprint density at radius 1 is 0.875 bits per heavy atom. The second-order valence-electron chi connectivity index (χ2n) is 7.77. The molecule has 2 aromatic heterocycles. The van der Waals surface area contributed by atoms with E-state index >= 15 is 0 Å². The van der Waals surface area contributed by atoms with Crippen molar-refractivity contribution in [1.29, 1.82) is 0 Å². The van der Waals surface area contributed by atoms with Crippen LogP contribution in [0, 0.1) is 5.82 Å². The van der Waals surface area contributed by atoms with E-state index in [-0.39, 0.29) is 11.5 Å². The minimum atomic E-state index is -0.822. The molecule has 3 aromatic carbocycles. The third-order valence-corrected chi connectivity index (χ3v) is 5.89. The van der Waals surface area contributed by atoms with Crippen LogP contribution in [0.1, 0.15) is 17.0 Å². The highest BCUT2D eigenvalue weighted by atomic mass is 19.1. The van der Waals surface area contributed by atoms with E-state index in [1.54, 1.807) is 6.07 Å². The molecule has 0 spiro atoms. The highest BCUT2D eigenvalue weighted by molar-refractivity contribution is 6.09. The van der Waals surface area contributed by atoms with Gasteiger partial charge in [0.05, 0.1) is 22.7 Å². The van der Waals surface area contributed by atoms with E-state index < -0.39 is 11.7 Å². The number of hydrogen-bond donors (Lipinski definition) is 3. The van der Waals surface area contributed by atoms with Crippen molar-refractivity contribution in [2.75, 3.05) is 5.32 Å². The molecule has 0 saturated carbocycles. The minimum Gasteiger partial charge on any atom is -0.339 e. The van der Waals surface area contributed by atoms with Crippen molar-refractivity contribution in [3.63, 3.8) is 0 Å². The Balaban J connectivity index is 1.67. The standard InChI is InChI=1S/C25H17FN4O2/c26-15-11-12-18-17(13-15)19(24(31)27-18)20-21-23(28-22(20)14-7-3-1-4-8-14)29-30(25(21)32)16-9-5-2-6-10-16/h1-13,19,28-29H,(H,27,31). The van der Waals surface area contributed by atoms with Gasteiger partial charge in [0.1, 0.15) is 11.5 Å². The van der Waals surface area contributed by atoms with Gasteiger partial charge in [0.15, 0.2) is 0 Å². The maximum absolute atomic E-state index is 14.1. The Kier molecular flexibility index (Phi) is 3.91. The average molecular weight is 424 g/mol. The van der Waals surface area contributed by atoms with Gasteiger partial charge in [0, 0.05) is 11.3 Å². The summed E-state index contributed by atoms with van der Waals surface area (Å²) in [5, 5.41) is 6.33. The van der Waals surface area contributed by atoms with Crippen LogP contribution in [0.15, 0.2) is 83.7 Å². The van der Waals surface area contributed by atoms with Gasteiger partial charge in [-0.3, -0.25) is 14.7 Å². The Bertz CT molecular complexity index is 1550. The van der Waals surface area contributed by atoms with Crippen LogP contribution in [0.4, 0.5) is 10.1 Å². The molecule has 0 saturated heterocycles. The van der Waals surface area contributed by atoms with Gasteiger partial charge in [-0.1, -0.05) is 48.5 Å². The lowest BCUT2D eigenvalue weighted by Crippen LogP contribution is -2.18. The maximum Gasteiger partial charge on any atom is 0.281 e. The molecule has 0 bridgehead atoms. The molecule has 1 atom stereocenters. The van der Waals surface area contributed by atoms with Crippen LogP contribution in [0.5, 0.6) is 0 Å². The molecule has 1 aliphatic heterocycles. The van der Waals surface area contributed by atoms with E-state index in [0.29, 0.717) is 39.2 Å². The monoisotopic (exact) mass is 424 g/mol. The number of hydrogen-bond acceptors (Lipinski definition) is 2. The Labute approximate surface area is 181 Å². The highest BCUT2D eigenvalue weighted by Crippen LogP contribution is 2.43. The Morgan fingerprint density at radius 3 is 2.34 bits per heavy atom. The first-order valence-electron chi connectivity index (χ1n) is 10.2. The normalized spacial score (nSPS) is 15.2. The number of nitrogens with one attached hydrogen (secondary N) is 3. The van der Waals surface area contributed by atoms with Crippen LogP contribution in [0.3, 0.4) is 0 Å². The van der Waals surface area contributed by atoms with Crippen molar-refractivity contribution in [2.45, 2.75) is 5.92 Å². The van der Waals surface area contributed by atoms with Crippen molar-refractivity contribution in [3.8, 4) is 16.9 Å². The summed E-state index contributed by atoms with van der Waals surface area (Å²) in [6.07, 6.45) is 0. The van der Waals surface area contributed by atoms with E-state index in [4.69, 9.17) is 0 Å². The van der Waals surface area contributed by atoms with Crippen molar-refractivity contribution in [3.05, 3.63) is 106 Å². The summed E-state index contributed by atoms with van der Waals surface area (Å²) in [6, 6.07) is 22.9. The molecule has 1 unspecified atom stereocenters. The number of carbonyl (C=O) groups excluding carboxylic acids is 1. The zero-order chi connectivity index (χ0) is 21.8. The number of aromatic amines is 2. The van der Waals surface area contributed by atoms with Gasteiger partial charge >= 0.3 is 0 Å². The van der Waals surface area contributed by atoms with Gasteiger partial charge in [0.25, 0.3) is 5.56 Å². The molecule has 1 amide bonds. The van der Waals surface area contributed by atoms with Gasteiger partial charge in [0.2, 0.25) is 5.91 Å². The average Bonchev–Trinajstić information content (AvgIpc) is 3.44. The molecule has 1 aliphatic rings. The van der Waals surface area contributed by atoms with Crippen LogP contribution >= 0.6 is 0 Å².